The molecule has 24 heavy (non-hydrogen) atoms. The monoisotopic (exact) mass is 327 g/mol. The lowest BCUT2D eigenvalue weighted by atomic mass is 9.87. The number of aryl methyl sites for hydroxylation is 1. The third-order valence-corrected chi connectivity index (χ3v) is 6.57. The molecule has 0 aromatic carbocycles. The summed E-state index contributed by atoms with van der Waals surface area (Å²) in [5.74, 6) is 1.12. The minimum Gasteiger partial charge on any atom is -0.309 e. The Kier molecular flexibility index (Phi) is 3.18. The molecule has 6 nitrogen and oxygen atoms in total. The van der Waals surface area contributed by atoms with E-state index in [1.165, 1.54) is 5.69 Å². The van der Waals surface area contributed by atoms with E-state index in [2.05, 4.69) is 53.4 Å². The largest absolute Gasteiger partial charge is 0.309 e. The maximum absolute atomic E-state index is 12.6. The van der Waals surface area contributed by atoms with Gasteiger partial charge in [-0.2, -0.15) is 10.2 Å². The van der Waals surface area contributed by atoms with Crippen molar-refractivity contribution in [2.45, 2.75) is 52.9 Å². The third kappa shape index (κ3) is 2.19. The molecule has 1 saturated carbocycles. The zero-order chi connectivity index (χ0) is 17.1. The van der Waals surface area contributed by atoms with E-state index in [4.69, 9.17) is 0 Å². The van der Waals surface area contributed by atoms with Crippen molar-refractivity contribution in [3.05, 3.63) is 29.2 Å². The van der Waals surface area contributed by atoms with Crippen molar-refractivity contribution in [2.24, 2.45) is 16.7 Å². The molecule has 2 aliphatic rings. The van der Waals surface area contributed by atoms with Gasteiger partial charge in [0.25, 0.3) is 0 Å². The second-order valence-corrected chi connectivity index (χ2v) is 8.39. The van der Waals surface area contributed by atoms with Crippen molar-refractivity contribution in [1.82, 2.24) is 20.4 Å². The van der Waals surface area contributed by atoms with Gasteiger partial charge in [0.1, 0.15) is 0 Å². The lowest BCUT2D eigenvalue weighted by Gasteiger charge is -2.20. The molecule has 2 heterocycles. The van der Waals surface area contributed by atoms with E-state index in [9.17, 15) is 4.79 Å². The van der Waals surface area contributed by atoms with Gasteiger partial charge in [-0.1, -0.05) is 27.7 Å². The van der Waals surface area contributed by atoms with Gasteiger partial charge in [0.05, 0.1) is 6.20 Å². The summed E-state index contributed by atoms with van der Waals surface area (Å²) in [6.45, 7) is 9.12. The van der Waals surface area contributed by atoms with Crippen LogP contribution in [0.3, 0.4) is 0 Å². The molecule has 1 atom stereocenters. The smallest absolute Gasteiger partial charge is 0.229 e. The van der Waals surface area contributed by atoms with Crippen LogP contribution in [0.25, 0.3) is 0 Å². The Hall–Kier alpha value is -2.11. The molecule has 0 spiro atoms. The fraction of sp³-hybridized carbons (Fsp3) is 0.611. The highest BCUT2D eigenvalue weighted by Gasteiger charge is 2.65. The number of carbonyl (C=O) groups excluding carboxylic acids is 1. The standard InChI is InChI=1S/C18H25N5O/c1-17(2)15(18(17,3)4)13-8-14(23-22-13)20-16(24)10-5-6-12-11(7-10)9-19-21-12/h8-10,15H,5-7H2,1-4H3,(H,19,21)(H2,20,22,23,24). The summed E-state index contributed by atoms with van der Waals surface area (Å²) < 4.78 is 0. The van der Waals surface area contributed by atoms with Gasteiger partial charge < -0.3 is 5.32 Å². The lowest BCUT2D eigenvalue weighted by molar-refractivity contribution is -0.120. The Bertz CT molecular complexity index is 771. The van der Waals surface area contributed by atoms with Crippen LogP contribution in [0.1, 0.15) is 57.0 Å². The summed E-state index contributed by atoms with van der Waals surface area (Å²) in [4.78, 5) is 12.6. The number of anilines is 1. The summed E-state index contributed by atoms with van der Waals surface area (Å²) >= 11 is 0. The van der Waals surface area contributed by atoms with E-state index in [1.54, 1.807) is 0 Å². The first kappa shape index (κ1) is 15.4. The number of H-pyrrole nitrogens is 2. The van der Waals surface area contributed by atoms with Gasteiger partial charge in [0.15, 0.2) is 5.82 Å². The third-order valence-electron chi connectivity index (χ3n) is 6.57. The van der Waals surface area contributed by atoms with Crippen LogP contribution in [0.15, 0.2) is 12.3 Å². The molecule has 3 N–H and O–H groups in total. The molecular formula is C18H25N5O. The van der Waals surface area contributed by atoms with Crippen molar-refractivity contribution in [3.8, 4) is 0 Å². The molecular weight excluding hydrogens is 302 g/mol. The molecule has 2 aromatic rings. The number of carbonyl (C=O) groups is 1. The summed E-state index contributed by atoms with van der Waals surface area (Å²) in [6, 6.07) is 1.99. The second-order valence-electron chi connectivity index (χ2n) is 8.39. The van der Waals surface area contributed by atoms with Crippen LogP contribution in [0.4, 0.5) is 5.82 Å². The molecule has 2 aliphatic carbocycles. The fourth-order valence-electron chi connectivity index (χ4n) is 4.39. The number of hydrogen-bond acceptors (Lipinski definition) is 3. The Balaban J connectivity index is 1.43. The van der Waals surface area contributed by atoms with E-state index in [1.807, 2.05) is 12.3 Å². The summed E-state index contributed by atoms with van der Waals surface area (Å²) in [6.07, 6.45) is 4.31. The van der Waals surface area contributed by atoms with Gasteiger partial charge in [-0.15, -0.1) is 0 Å². The van der Waals surface area contributed by atoms with Crippen LogP contribution in [-0.2, 0) is 17.6 Å². The predicted octanol–water partition coefficient (Wildman–Crippen LogP) is 3.03. The normalized spacial score (nSPS) is 24.4. The molecule has 2 aromatic heterocycles. The predicted molar refractivity (Wildman–Crippen MR) is 91.6 cm³/mol. The Morgan fingerprint density at radius 1 is 1.25 bits per heavy atom. The topological polar surface area (TPSA) is 86.5 Å². The van der Waals surface area contributed by atoms with Crippen molar-refractivity contribution in [2.75, 3.05) is 5.32 Å². The number of aromatic amines is 2. The van der Waals surface area contributed by atoms with E-state index in [-0.39, 0.29) is 22.7 Å². The highest BCUT2D eigenvalue weighted by atomic mass is 16.2. The van der Waals surface area contributed by atoms with Crippen molar-refractivity contribution < 1.29 is 4.79 Å². The number of nitrogens with one attached hydrogen (secondary N) is 3. The van der Waals surface area contributed by atoms with Gasteiger partial charge >= 0.3 is 0 Å². The molecule has 0 saturated heterocycles. The fourth-order valence-corrected chi connectivity index (χ4v) is 4.39. The van der Waals surface area contributed by atoms with Crippen molar-refractivity contribution in [1.29, 1.82) is 0 Å². The Morgan fingerprint density at radius 3 is 2.71 bits per heavy atom. The van der Waals surface area contributed by atoms with E-state index in [0.717, 1.165) is 30.5 Å². The molecule has 128 valence electrons. The molecule has 0 bridgehead atoms. The minimum atomic E-state index is -0.0101. The molecule has 4 rings (SSSR count). The Morgan fingerprint density at radius 2 is 2.00 bits per heavy atom. The molecule has 6 heteroatoms. The summed E-state index contributed by atoms with van der Waals surface area (Å²) in [5, 5.41) is 17.5. The van der Waals surface area contributed by atoms with Crippen LogP contribution in [0.5, 0.6) is 0 Å². The van der Waals surface area contributed by atoms with Crippen LogP contribution >= 0.6 is 0 Å². The highest BCUT2D eigenvalue weighted by molar-refractivity contribution is 5.92. The maximum atomic E-state index is 12.6. The lowest BCUT2D eigenvalue weighted by Crippen LogP contribution is -2.28. The summed E-state index contributed by atoms with van der Waals surface area (Å²) in [7, 11) is 0. The number of nitrogens with zero attached hydrogens (tertiary/aromatic N) is 2. The molecule has 0 aliphatic heterocycles. The number of fused-ring (bicyclic) bond motifs is 1. The van der Waals surface area contributed by atoms with Crippen LogP contribution in [0.2, 0.25) is 0 Å². The van der Waals surface area contributed by atoms with Crippen molar-refractivity contribution in [3.63, 3.8) is 0 Å². The van der Waals surface area contributed by atoms with Gasteiger partial charge in [0.2, 0.25) is 5.91 Å². The van der Waals surface area contributed by atoms with Gasteiger partial charge in [-0.25, -0.2) is 0 Å². The second kappa shape index (κ2) is 4.94. The highest BCUT2D eigenvalue weighted by Crippen LogP contribution is 2.73. The average Bonchev–Trinajstić information content (AvgIpc) is 2.99. The zero-order valence-electron chi connectivity index (χ0n) is 14.7. The average molecular weight is 327 g/mol. The van der Waals surface area contributed by atoms with Crippen LogP contribution in [0, 0.1) is 16.7 Å². The summed E-state index contributed by atoms with van der Waals surface area (Å²) in [5.41, 5.74) is 3.94. The van der Waals surface area contributed by atoms with E-state index >= 15 is 0 Å². The first-order valence-corrected chi connectivity index (χ1v) is 8.68. The molecule has 1 amide bonds. The van der Waals surface area contributed by atoms with Gasteiger partial charge in [-0.3, -0.25) is 15.0 Å². The Labute approximate surface area is 141 Å². The minimum absolute atomic E-state index is 0.0101. The van der Waals surface area contributed by atoms with Crippen LogP contribution in [-0.4, -0.2) is 26.3 Å². The number of aromatic nitrogens is 4. The number of amides is 1. The first-order chi connectivity index (χ1) is 11.3. The number of hydrogen-bond donors (Lipinski definition) is 3. The van der Waals surface area contributed by atoms with Crippen molar-refractivity contribution >= 4 is 11.7 Å². The quantitative estimate of drug-likeness (QED) is 0.810. The molecule has 1 unspecified atom stereocenters. The van der Waals surface area contributed by atoms with E-state index < -0.39 is 0 Å². The van der Waals surface area contributed by atoms with Crippen LogP contribution < -0.4 is 5.32 Å². The van der Waals surface area contributed by atoms with Gasteiger partial charge in [-0.05, 0) is 35.7 Å². The molecule has 0 radical (unpaired) electrons. The number of rotatable bonds is 3. The SMILES string of the molecule is CC1(C)C(c2cc(NC(=O)C3CCc4[nH]ncc4C3)n[nH]2)C1(C)C. The first-order valence-electron chi connectivity index (χ1n) is 8.68. The van der Waals surface area contributed by atoms with E-state index in [0.29, 0.717) is 11.7 Å². The van der Waals surface area contributed by atoms with Gasteiger partial charge in [0, 0.05) is 29.3 Å². The maximum Gasteiger partial charge on any atom is 0.229 e. The zero-order valence-corrected chi connectivity index (χ0v) is 14.7. The molecule has 1 fully saturated rings.